The largest absolute Gasteiger partial charge is 0.494 e. The SMILES string of the molecule is CCOC(=O)c1c(C)[nH]c(C(=O)[C@@H](C)Sc2nnnn2-c2cc(C)ccc2OC)c1C. The Morgan fingerprint density at radius 1 is 1.26 bits per heavy atom. The number of rotatable bonds is 8. The van der Waals surface area contributed by atoms with Gasteiger partial charge in [0.2, 0.25) is 5.16 Å². The van der Waals surface area contributed by atoms with Crippen LogP contribution < -0.4 is 4.74 Å². The number of nitrogens with zero attached hydrogens (tertiary/aromatic N) is 4. The summed E-state index contributed by atoms with van der Waals surface area (Å²) >= 11 is 1.23. The van der Waals surface area contributed by atoms with E-state index >= 15 is 0 Å². The number of H-pyrrole nitrogens is 1. The number of hydrogen-bond donors (Lipinski definition) is 1. The predicted octanol–water partition coefficient (Wildman–Crippen LogP) is 3.46. The van der Waals surface area contributed by atoms with E-state index in [9.17, 15) is 9.59 Å². The van der Waals surface area contributed by atoms with Crippen molar-refractivity contribution in [3.05, 3.63) is 46.3 Å². The lowest BCUT2D eigenvalue weighted by molar-refractivity contribution is 0.0525. The lowest BCUT2D eigenvalue weighted by Crippen LogP contribution is -2.16. The van der Waals surface area contributed by atoms with Crippen molar-refractivity contribution in [2.24, 2.45) is 0 Å². The highest BCUT2D eigenvalue weighted by Gasteiger charge is 2.27. The van der Waals surface area contributed by atoms with Crippen LogP contribution in [0.4, 0.5) is 0 Å². The molecule has 31 heavy (non-hydrogen) atoms. The molecule has 2 aromatic heterocycles. The molecule has 9 nitrogen and oxygen atoms in total. The second-order valence-corrected chi connectivity index (χ2v) is 8.33. The Bertz CT molecular complexity index is 1120. The second kappa shape index (κ2) is 9.34. The van der Waals surface area contributed by atoms with Crippen LogP contribution in [0.2, 0.25) is 0 Å². The third-order valence-corrected chi connectivity index (χ3v) is 5.85. The maximum absolute atomic E-state index is 13.2. The minimum Gasteiger partial charge on any atom is -0.494 e. The van der Waals surface area contributed by atoms with E-state index in [4.69, 9.17) is 9.47 Å². The highest BCUT2D eigenvalue weighted by atomic mass is 32.2. The number of aromatic amines is 1. The fraction of sp³-hybridized carbons (Fsp3) is 0.381. The Balaban J connectivity index is 1.88. The number of aromatic nitrogens is 5. The van der Waals surface area contributed by atoms with Crippen molar-refractivity contribution >= 4 is 23.5 Å². The molecule has 0 spiro atoms. The molecule has 10 heteroatoms. The molecule has 0 amide bonds. The van der Waals surface area contributed by atoms with E-state index in [2.05, 4.69) is 20.5 Å². The fourth-order valence-corrected chi connectivity index (χ4v) is 4.15. The molecule has 1 atom stereocenters. The third-order valence-electron chi connectivity index (χ3n) is 4.82. The van der Waals surface area contributed by atoms with Crippen LogP contribution in [0.3, 0.4) is 0 Å². The molecular formula is C21H25N5O4S. The molecule has 1 aromatic carbocycles. The molecule has 0 aliphatic heterocycles. The topological polar surface area (TPSA) is 112 Å². The zero-order valence-electron chi connectivity index (χ0n) is 18.3. The van der Waals surface area contributed by atoms with Crippen LogP contribution in [0.5, 0.6) is 5.75 Å². The van der Waals surface area contributed by atoms with Crippen molar-refractivity contribution in [2.45, 2.75) is 45.0 Å². The van der Waals surface area contributed by atoms with Crippen LogP contribution >= 0.6 is 11.8 Å². The number of aryl methyl sites for hydroxylation is 2. The number of benzene rings is 1. The number of nitrogens with one attached hydrogen (secondary N) is 1. The van der Waals surface area contributed by atoms with Gasteiger partial charge < -0.3 is 14.5 Å². The molecule has 1 N–H and O–H groups in total. The number of carbonyl (C=O) groups is 2. The summed E-state index contributed by atoms with van der Waals surface area (Å²) in [7, 11) is 1.58. The van der Waals surface area contributed by atoms with Gasteiger partial charge in [-0.3, -0.25) is 4.79 Å². The van der Waals surface area contributed by atoms with Gasteiger partial charge in [0.25, 0.3) is 0 Å². The average Bonchev–Trinajstić information content (AvgIpc) is 3.31. The number of tetrazole rings is 1. The number of ether oxygens (including phenoxy) is 2. The molecule has 0 aliphatic carbocycles. The second-order valence-electron chi connectivity index (χ2n) is 7.02. The van der Waals surface area contributed by atoms with Crippen molar-refractivity contribution in [3.8, 4) is 11.4 Å². The Labute approximate surface area is 184 Å². The Morgan fingerprint density at radius 3 is 2.68 bits per heavy atom. The number of hydrogen-bond acceptors (Lipinski definition) is 8. The van der Waals surface area contributed by atoms with Crippen LogP contribution in [-0.2, 0) is 4.74 Å². The van der Waals surface area contributed by atoms with Gasteiger partial charge in [-0.25, -0.2) is 4.79 Å². The zero-order valence-corrected chi connectivity index (χ0v) is 19.2. The summed E-state index contributed by atoms with van der Waals surface area (Å²) in [6, 6.07) is 5.69. The highest BCUT2D eigenvalue weighted by Crippen LogP contribution is 2.30. The van der Waals surface area contributed by atoms with Crippen molar-refractivity contribution in [1.29, 1.82) is 0 Å². The number of thioether (sulfide) groups is 1. The van der Waals surface area contributed by atoms with Gasteiger partial charge in [-0.2, -0.15) is 4.68 Å². The molecule has 0 bridgehead atoms. The molecule has 164 valence electrons. The molecule has 0 aliphatic rings. The monoisotopic (exact) mass is 443 g/mol. The first-order valence-corrected chi connectivity index (χ1v) is 10.7. The van der Waals surface area contributed by atoms with Crippen molar-refractivity contribution in [3.63, 3.8) is 0 Å². The lowest BCUT2D eigenvalue weighted by Gasteiger charge is -2.12. The maximum atomic E-state index is 13.2. The first-order chi connectivity index (χ1) is 14.8. The van der Waals surface area contributed by atoms with Crippen molar-refractivity contribution in [2.75, 3.05) is 13.7 Å². The van der Waals surface area contributed by atoms with Crippen LogP contribution in [0.25, 0.3) is 5.69 Å². The summed E-state index contributed by atoms with van der Waals surface area (Å²) < 4.78 is 12.1. The van der Waals surface area contributed by atoms with Crippen LogP contribution in [0, 0.1) is 20.8 Å². The van der Waals surface area contributed by atoms with Gasteiger partial charge in [0.05, 0.1) is 30.2 Å². The van der Waals surface area contributed by atoms with E-state index in [-0.39, 0.29) is 12.4 Å². The first kappa shape index (κ1) is 22.5. The van der Waals surface area contributed by atoms with Gasteiger partial charge in [-0.1, -0.05) is 17.8 Å². The quantitative estimate of drug-likeness (QED) is 0.320. The number of methoxy groups -OCH3 is 1. The molecular weight excluding hydrogens is 418 g/mol. The number of carbonyl (C=O) groups excluding carboxylic acids is 2. The molecule has 3 aromatic rings. The Morgan fingerprint density at radius 2 is 2.00 bits per heavy atom. The molecule has 2 heterocycles. The third kappa shape index (κ3) is 4.48. The number of esters is 1. The smallest absolute Gasteiger partial charge is 0.340 e. The van der Waals surface area contributed by atoms with Crippen molar-refractivity contribution < 1.29 is 19.1 Å². The van der Waals surface area contributed by atoms with E-state index < -0.39 is 11.2 Å². The van der Waals surface area contributed by atoms with E-state index in [0.29, 0.717) is 39.1 Å². The normalized spacial score (nSPS) is 11.9. The maximum Gasteiger partial charge on any atom is 0.340 e. The average molecular weight is 444 g/mol. The van der Waals surface area contributed by atoms with Gasteiger partial charge in [-0.15, -0.1) is 5.10 Å². The first-order valence-electron chi connectivity index (χ1n) is 9.79. The van der Waals surface area contributed by atoms with Crippen LogP contribution in [0.1, 0.15) is 51.5 Å². The van der Waals surface area contributed by atoms with Gasteiger partial charge >= 0.3 is 5.97 Å². The summed E-state index contributed by atoms with van der Waals surface area (Å²) in [5.74, 6) is 0.0177. The highest BCUT2D eigenvalue weighted by molar-refractivity contribution is 8.00. The summed E-state index contributed by atoms with van der Waals surface area (Å²) in [5, 5.41) is 11.9. The van der Waals surface area contributed by atoms with Crippen LogP contribution in [0.15, 0.2) is 23.4 Å². The van der Waals surface area contributed by atoms with E-state index in [1.54, 1.807) is 39.5 Å². The standard InChI is InChI=1S/C21H25N5O4S/c1-7-30-20(28)17-12(3)18(22-13(17)4)19(27)14(5)31-21-23-24-25-26(21)15-10-11(2)8-9-16(15)29-6/h8-10,14,22H,7H2,1-6H3/t14-/m1/s1. The summed E-state index contributed by atoms with van der Waals surface area (Å²) in [6.07, 6.45) is 0. The summed E-state index contributed by atoms with van der Waals surface area (Å²) in [4.78, 5) is 28.4. The van der Waals surface area contributed by atoms with E-state index in [0.717, 1.165) is 5.56 Å². The number of ketones is 1. The number of Topliss-reactive ketones (excluding diaryl/α,β-unsaturated/α-hetero) is 1. The molecule has 0 unspecified atom stereocenters. The van der Waals surface area contributed by atoms with Gasteiger partial charge in [0.1, 0.15) is 11.4 Å². The molecule has 3 rings (SSSR count). The lowest BCUT2D eigenvalue weighted by atomic mass is 10.1. The van der Waals surface area contributed by atoms with Gasteiger partial charge in [0.15, 0.2) is 5.78 Å². The summed E-state index contributed by atoms with van der Waals surface area (Å²) in [5.41, 5.74) is 3.67. The minimum absolute atomic E-state index is 0.160. The molecule has 0 saturated carbocycles. The molecule has 0 radical (unpaired) electrons. The van der Waals surface area contributed by atoms with E-state index in [1.807, 2.05) is 25.1 Å². The molecule has 0 fully saturated rings. The van der Waals surface area contributed by atoms with Crippen LogP contribution in [-0.4, -0.2) is 55.9 Å². The minimum atomic E-state index is -0.507. The Hall–Kier alpha value is -3.14. The predicted molar refractivity (Wildman–Crippen MR) is 116 cm³/mol. The van der Waals surface area contributed by atoms with Gasteiger partial charge in [-0.05, 0) is 68.3 Å². The van der Waals surface area contributed by atoms with E-state index in [1.165, 1.54) is 11.8 Å². The van der Waals surface area contributed by atoms with Gasteiger partial charge in [0, 0.05) is 5.69 Å². The zero-order chi connectivity index (χ0) is 22.7. The fourth-order valence-electron chi connectivity index (χ4n) is 3.29. The molecule has 0 saturated heterocycles. The van der Waals surface area contributed by atoms with Crippen molar-refractivity contribution in [1.82, 2.24) is 25.2 Å². The Kier molecular flexibility index (Phi) is 6.79. The summed E-state index contributed by atoms with van der Waals surface area (Å²) in [6.45, 7) is 9.24.